The van der Waals surface area contributed by atoms with E-state index in [1.807, 2.05) is 39.0 Å². The van der Waals surface area contributed by atoms with E-state index >= 15 is 0 Å². The van der Waals surface area contributed by atoms with E-state index in [2.05, 4.69) is 77.8 Å². The van der Waals surface area contributed by atoms with Gasteiger partial charge in [-0.1, -0.05) is 89.1 Å². The topological polar surface area (TPSA) is 0 Å². The molecule has 0 bridgehead atoms. The van der Waals surface area contributed by atoms with Crippen molar-refractivity contribution in [2.24, 2.45) is 0 Å². The first-order chi connectivity index (χ1) is 11.9. The molecule has 0 aliphatic carbocycles. The predicted octanol–water partition coefficient (Wildman–Crippen LogP) is 8.97. The Bertz CT molecular complexity index is 619. The third-order valence-corrected chi connectivity index (χ3v) is 3.80. The second kappa shape index (κ2) is 17.5. The van der Waals surface area contributed by atoms with Crippen molar-refractivity contribution in [3.8, 4) is 0 Å². The molecule has 1 aromatic rings. The summed E-state index contributed by atoms with van der Waals surface area (Å²) in [6.45, 7) is 25.5. The molecule has 0 saturated carbocycles. The maximum Gasteiger partial charge on any atom is -0.0152 e. The molecule has 0 N–H and O–H groups in total. The summed E-state index contributed by atoms with van der Waals surface area (Å²) in [5.41, 5.74) is 7.49. The predicted molar refractivity (Wildman–Crippen MR) is 126 cm³/mol. The van der Waals surface area contributed by atoms with E-state index in [0.717, 1.165) is 0 Å². The van der Waals surface area contributed by atoms with E-state index in [9.17, 15) is 0 Å². The normalized spacial score (nSPS) is 11.7. The van der Waals surface area contributed by atoms with Gasteiger partial charge in [0.15, 0.2) is 0 Å². The number of hydrogen-bond donors (Lipinski definition) is 0. The van der Waals surface area contributed by atoms with Crippen molar-refractivity contribution in [2.75, 3.05) is 0 Å². The van der Waals surface area contributed by atoms with Gasteiger partial charge in [0.25, 0.3) is 0 Å². The first-order valence-electron chi connectivity index (χ1n) is 8.87. The van der Waals surface area contributed by atoms with Crippen LogP contribution in [0, 0.1) is 0 Å². The Hall–Kier alpha value is -2.34. The van der Waals surface area contributed by atoms with Crippen LogP contribution in [0.25, 0.3) is 5.57 Å². The fraction of sp³-hybridized carbons (Fsp3) is 0.308. The highest BCUT2D eigenvalue weighted by Gasteiger charge is 2.08. The molecule has 0 fully saturated rings. The minimum atomic E-state index is 0. The average molecular weight is 353 g/mol. The number of rotatable bonds is 5. The van der Waals surface area contributed by atoms with Gasteiger partial charge in [0, 0.05) is 0 Å². The van der Waals surface area contributed by atoms with Crippen LogP contribution in [0.4, 0.5) is 0 Å². The lowest BCUT2D eigenvalue weighted by molar-refractivity contribution is 1.23. The van der Waals surface area contributed by atoms with Gasteiger partial charge >= 0.3 is 0 Å². The lowest BCUT2D eigenvalue weighted by atomic mass is 9.91. The van der Waals surface area contributed by atoms with Crippen LogP contribution in [-0.4, -0.2) is 0 Å². The summed E-state index contributed by atoms with van der Waals surface area (Å²) in [6.07, 6.45) is 7.58. The Labute approximate surface area is 164 Å². The molecule has 0 amide bonds. The van der Waals surface area contributed by atoms with Gasteiger partial charge in [0.05, 0.1) is 0 Å². The molecule has 26 heavy (non-hydrogen) atoms. The van der Waals surface area contributed by atoms with Gasteiger partial charge in [0.2, 0.25) is 0 Å². The van der Waals surface area contributed by atoms with Gasteiger partial charge in [-0.25, -0.2) is 0 Å². The van der Waals surface area contributed by atoms with Crippen LogP contribution >= 0.6 is 0 Å². The zero-order valence-electron chi connectivity index (χ0n) is 17.3. The molecule has 0 aliphatic rings. The van der Waals surface area contributed by atoms with Crippen molar-refractivity contribution in [3.05, 3.63) is 102 Å². The van der Waals surface area contributed by atoms with E-state index in [-0.39, 0.29) is 7.43 Å². The molecule has 0 radical (unpaired) electrons. The largest absolute Gasteiger partial charge is 0.103 e. The summed E-state index contributed by atoms with van der Waals surface area (Å²) < 4.78 is 0. The maximum absolute atomic E-state index is 3.85. The molecule has 0 unspecified atom stereocenters. The van der Waals surface area contributed by atoms with E-state index in [1.54, 1.807) is 6.08 Å². The SMILES string of the molecule is C.C=CC.C=C\C=C(/C(C)=C(C)/C(C)=C(\C)C=C)c1ccccc1.CC. The lowest BCUT2D eigenvalue weighted by Gasteiger charge is -2.14. The summed E-state index contributed by atoms with van der Waals surface area (Å²) >= 11 is 0. The van der Waals surface area contributed by atoms with Crippen molar-refractivity contribution in [3.63, 3.8) is 0 Å². The molecular formula is C26H40. The van der Waals surface area contributed by atoms with Crippen LogP contribution in [0.15, 0.2) is 96.7 Å². The monoisotopic (exact) mass is 352 g/mol. The molecule has 0 aromatic heterocycles. The second-order valence-corrected chi connectivity index (χ2v) is 5.35. The summed E-state index contributed by atoms with van der Waals surface area (Å²) in [4.78, 5) is 0. The minimum Gasteiger partial charge on any atom is -0.103 e. The third kappa shape index (κ3) is 9.84. The highest BCUT2D eigenvalue weighted by atomic mass is 14.1. The zero-order valence-corrected chi connectivity index (χ0v) is 17.3. The summed E-state index contributed by atoms with van der Waals surface area (Å²) in [6, 6.07) is 10.4. The molecule has 0 atom stereocenters. The molecule has 144 valence electrons. The summed E-state index contributed by atoms with van der Waals surface area (Å²) in [5.74, 6) is 0. The molecular weight excluding hydrogens is 312 g/mol. The van der Waals surface area contributed by atoms with Gasteiger partial charge in [-0.3, -0.25) is 0 Å². The van der Waals surface area contributed by atoms with Crippen LogP contribution < -0.4 is 0 Å². The molecule has 0 nitrogen and oxygen atoms in total. The highest BCUT2D eigenvalue weighted by molar-refractivity contribution is 5.81. The van der Waals surface area contributed by atoms with Gasteiger partial charge in [0.1, 0.15) is 0 Å². The number of benzene rings is 1. The molecule has 0 heterocycles. The van der Waals surface area contributed by atoms with Gasteiger partial charge in [-0.2, -0.15) is 0 Å². The van der Waals surface area contributed by atoms with Crippen molar-refractivity contribution in [1.29, 1.82) is 0 Å². The van der Waals surface area contributed by atoms with E-state index < -0.39 is 0 Å². The fourth-order valence-electron chi connectivity index (χ4n) is 2.11. The van der Waals surface area contributed by atoms with Gasteiger partial charge in [-0.05, 0) is 68.0 Å². The first kappa shape index (κ1) is 28.5. The van der Waals surface area contributed by atoms with Crippen molar-refractivity contribution >= 4 is 5.57 Å². The second-order valence-electron chi connectivity index (χ2n) is 5.35. The lowest BCUT2D eigenvalue weighted by Crippen LogP contribution is -1.93. The third-order valence-electron chi connectivity index (χ3n) is 3.80. The Kier molecular flexibility index (Phi) is 19.1. The van der Waals surface area contributed by atoms with E-state index in [1.165, 1.54) is 33.4 Å². The molecule has 1 aromatic carbocycles. The average Bonchev–Trinajstić information content (AvgIpc) is 2.66. The van der Waals surface area contributed by atoms with Crippen molar-refractivity contribution < 1.29 is 0 Å². The molecule has 0 aliphatic heterocycles. The fourth-order valence-corrected chi connectivity index (χ4v) is 2.11. The first-order valence-corrected chi connectivity index (χ1v) is 8.87. The molecule has 0 spiro atoms. The summed E-state index contributed by atoms with van der Waals surface area (Å²) in [5, 5.41) is 0. The Morgan fingerprint density at radius 2 is 1.27 bits per heavy atom. The summed E-state index contributed by atoms with van der Waals surface area (Å²) in [7, 11) is 0. The maximum atomic E-state index is 3.85. The zero-order chi connectivity index (χ0) is 19.8. The van der Waals surface area contributed by atoms with Crippen LogP contribution in [-0.2, 0) is 0 Å². The van der Waals surface area contributed by atoms with Crippen LogP contribution in [0.3, 0.4) is 0 Å². The van der Waals surface area contributed by atoms with Crippen molar-refractivity contribution in [2.45, 2.75) is 55.9 Å². The highest BCUT2D eigenvalue weighted by Crippen LogP contribution is 2.29. The Morgan fingerprint density at radius 1 is 0.808 bits per heavy atom. The molecule has 1 rings (SSSR count). The number of hydrogen-bond acceptors (Lipinski definition) is 0. The Morgan fingerprint density at radius 3 is 1.65 bits per heavy atom. The van der Waals surface area contributed by atoms with Crippen LogP contribution in [0.5, 0.6) is 0 Å². The van der Waals surface area contributed by atoms with E-state index in [4.69, 9.17) is 0 Å². The smallest absolute Gasteiger partial charge is 0.0152 e. The quantitative estimate of drug-likeness (QED) is 0.366. The van der Waals surface area contributed by atoms with Crippen LogP contribution in [0.1, 0.15) is 61.5 Å². The Balaban J connectivity index is -0.000000796. The van der Waals surface area contributed by atoms with E-state index in [0.29, 0.717) is 0 Å². The van der Waals surface area contributed by atoms with Crippen molar-refractivity contribution in [1.82, 2.24) is 0 Å². The van der Waals surface area contributed by atoms with Gasteiger partial charge < -0.3 is 0 Å². The minimum absolute atomic E-state index is 0. The van der Waals surface area contributed by atoms with Gasteiger partial charge in [-0.15, -0.1) is 6.58 Å². The number of allylic oxidation sites excluding steroid dienone is 9. The van der Waals surface area contributed by atoms with Crippen LogP contribution in [0.2, 0.25) is 0 Å². The molecule has 0 heteroatoms. The molecule has 0 saturated heterocycles. The standard InChI is InChI=1S/C20H24.C3H6.C2H6.CH4/c1-7-12-20(19-13-10-9-11-14-19)18(6)17(5)16(4)15(3)8-2;1-3-2;1-2;/h7-14H,1-2H2,3-6H3;3H,1H2,2H3;1-2H3;1H4/b16-15+,18-17+,20-12+;;;.